The Morgan fingerprint density at radius 2 is 1.21 bits per heavy atom. The molecule has 3 rings (SSSR count). The lowest BCUT2D eigenvalue weighted by molar-refractivity contribution is -0.118. The molecule has 0 saturated heterocycles. The molecule has 0 saturated carbocycles. The summed E-state index contributed by atoms with van der Waals surface area (Å²) in [5.41, 5.74) is 3.75. The van der Waals surface area contributed by atoms with Crippen LogP contribution in [0.4, 0.5) is 0 Å². The third kappa shape index (κ3) is 6.25. The molecule has 0 heterocycles. The molecular weight excluding hydrogens is 364 g/mol. The molecule has 0 bridgehead atoms. The Kier molecular flexibility index (Phi) is 7.71. The topological polar surface area (TPSA) is 23.6 Å². The van der Waals surface area contributed by atoms with Gasteiger partial charge in [-0.05, 0) is 47.7 Å². The molecule has 0 aliphatic carbocycles. The highest BCUT2D eigenvalue weighted by atomic mass is 32.2. The first kappa shape index (κ1) is 20.2. The number of carbonyl (C=O) groups is 1. The fraction of sp³-hybridized carbons (Fsp3) is 0.208. The molecule has 1 amide bonds. The number of amides is 1. The molecule has 144 valence electrons. The van der Waals surface area contributed by atoms with E-state index >= 15 is 0 Å². The van der Waals surface area contributed by atoms with Crippen LogP contribution in [-0.4, -0.2) is 22.2 Å². The largest absolute Gasteiger partial charge is 0.341 e. The Morgan fingerprint density at radius 3 is 1.68 bits per heavy atom. The summed E-state index contributed by atoms with van der Waals surface area (Å²) in [5, 5.41) is 0. The summed E-state index contributed by atoms with van der Waals surface area (Å²) in [6.07, 6.45) is 0.907. The maximum Gasteiger partial charge on any atom is 0.209 e. The second-order valence-electron chi connectivity index (χ2n) is 6.67. The zero-order valence-corrected chi connectivity index (χ0v) is 17.0. The van der Waals surface area contributed by atoms with Crippen LogP contribution in [0.2, 0.25) is 0 Å². The minimum absolute atomic E-state index is 0.655. The van der Waals surface area contributed by atoms with Gasteiger partial charge in [0.15, 0.2) is 0 Å². The maximum absolute atomic E-state index is 11.0. The molecule has 3 aromatic carbocycles. The summed E-state index contributed by atoms with van der Waals surface area (Å²) in [6, 6.07) is 29.6. The van der Waals surface area contributed by atoms with Gasteiger partial charge in [0, 0.05) is 31.1 Å². The van der Waals surface area contributed by atoms with Gasteiger partial charge in [-0.15, -0.1) is 0 Å². The number of benzene rings is 3. The Balaban J connectivity index is 1.70. The SMILES string of the molecule is CCN(C=O)Cc1ccc(SN(Cc2ccccc2)Cc2ccccc2)cc1. The van der Waals surface area contributed by atoms with Crippen LogP contribution >= 0.6 is 11.9 Å². The molecule has 0 unspecified atom stereocenters. The lowest BCUT2D eigenvalue weighted by Crippen LogP contribution is -2.20. The van der Waals surface area contributed by atoms with Gasteiger partial charge in [0.2, 0.25) is 6.41 Å². The van der Waals surface area contributed by atoms with E-state index < -0.39 is 0 Å². The number of nitrogens with zero attached hydrogens (tertiary/aromatic N) is 2. The molecule has 28 heavy (non-hydrogen) atoms. The predicted molar refractivity (Wildman–Crippen MR) is 117 cm³/mol. The third-order valence-corrected chi connectivity index (χ3v) is 5.50. The Morgan fingerprint density at radius 1 is 0.714 bits per heavy atom. The van der Waals surface area contributed by atoms with Crippen LogP contribution < -0.4 is 0 Å². The van der Waals surface area contributed by atoms with E-state index in [1.54, 1.807) is 16.8 Å². The molecule has 4 heteroatoms. The molecule has 0 atom stereocenters. The van der Waals surface area contributed by atoms with Crippen molar-refractivity contribution < 1.29 is 4.79 Å². The lowest BCUT2D eigenvalue weighted by Gasteiger charge is -2.22. The molecule has 3 aromatic rings. The summed E-state index contributed by atoms with van der Waals surface area (Å²) < 4.78 is 2.38. The van der Waals surface area contributed by atoms with E-state index in [0.29, 0.717) is 6.54 Å². The Hall–Kier alpha value is -2.56. The highest BCUT2D eigenvalue weighted by molar-refractivity contribution is 7.97. The van der Waals surface area contributed by atoms with Gasteiger partial charge < -0.3 is 4.90 Å². The zero-order valence-electron chi connectivity index (χ0n) is 16.2. The molecule has 3 nitrogen and oxygen atoms in total. The summed E-state index contributed by atoms with van der Waals surface area (Å²) in [4.78, 5) is 14.0. The van der Waals surface area contributed by atoms with Crippen LogP contribution in [-0.2, 0) is 24.4 Å². The highest BCUT2D eigenvalue weighted by Crippen LogP contribution is 2.27. The van der Waals surface area contributed by atoms with Crippen molar-refractivity contribution in [3.8, 4) is 0 Å². The average Bonchev–Trinajstić information content (AvgIpc) is 2.74. The predicted octanol–water partition coefficient (Wildman–Crippen LogP) is 5.37. The molecular formula is C24H26N2OS. The summed E-state index contributed by atoms with van der Waals surface area (Å²) in [7, 11) is 0. The minimum Gasteiger partial charge on any atom is -0.341 e. The van der Waals surface area contributed by atoms with Crippen molar-refractivity contribution in [2.75, 3.05) is 6.54 Å². The van der Waals surface area contributed by atoms with Crippen molar-refractivity contribution in [2.24, 2.45) is 0 Å². The quantitative estimate of drug-likeness (QED) is 0.343. The molecule has 0 N–H and O–H groups in total. The molecule has 0 fully saturated rings. The normalized spacial score (nSPS) is 10.8. The molecule has 0 radical (unpaired) electrons. The highest BCUT2D eigenvalue weighted by Gasteiger charge is 2.10. The first-order chi connectivity index (χ1) is 13.8. The van der Waals surface area contributed by atoms with E-state index in [0.717, 1.165) is 31.6 Å². The van der Waals surface area contributed by atoms with Gasteiger partial charge in [-0.2, -0.15) is 0 Å². The van der Waals surface area contributed by atoms with Crippen molar-refractivity contribution in [2.45, 2.75) is 31.5 Å². The van der Waals surface area contributed by atoms with Gasteiger partial charge in [0.25, 0.3) is 0 Å². The standard InChI is InChI=1S/C24H26N2OS/c1-2-25(20-27)17-23-13-15-24(16-14-23)28-26(18-21-9-5-3-6-10-21)19-22-11-7-4-8-12-22/h3-16,20H,2,17-19H2,1H3. The summed E-state index contributed by atoms with van der Waals surface area (Å²) >= 11 is 1.77. The van der Waals surface area contributed by atoms with E-state index in [-0.39, 0.29) is 0 Å². The minimum atomic E-state index is 0.655. The molecule has 0 aliphatic rings. The Labute approximate surface area is 172 Å². The number of carbonyl (C=O) groups excluding carboxylic acids is 1. The van der Waals surface area contributed by atoms with Crippen LogP contribution in [0.3, 0.4) is 0 Å². The van der Waals surface area contributed by atoms with Crippen LogP contribution in [0.25, 0.3) is 0 Å². The number of hydrogen-bond acceptors (Lipinski definition) is 3. The summed E-state index contributed by atoms with van der Waals surface area (Å²) in [5.74, 6) is 0. The first-order valence-electron chi connectivity index (χ1n) is 9.56. The monoisotopic (exact) mass is 390 g/mol. The van der Waals surface area contributed by atoms with E-state index in [1.807, 2.05) is 6.92 Å². The first-order valence-corrected chi connectivity index (χ1v) is 10.3. The number of hydrogen-bond donors (Lipinski definition) is 0. The number of rotatable bonds is 10. The fourth-order valence-electron chi connectivity index (χ4n) is 2.96. The van der Waals surface area contributed by atoms with Gasteiger partial charge in [-0.1, -0.05) is 72.8 Å². The van der Waals surface area contributed by atoms with Crippen molar-refractivity contribution in [3.63, 3.8) is 0 Å². The van der Waals surface area contributed by atoms with Crippen molar-refractivity contribution in [1.29, 1.82) is 0 Å². The van der Waals surface area contributed by atoms with E-state index in [4.69, 9.17) is 0 Å². The summed E-state index contributed by atoms with van der Waals surface area (Å²) in [6.45, 7) is 5.11. The Bertz CT molecular complexity index is 796. The van der Waals surface area contributed by atoms with E-state index in [1.165, 1.54) is 16.0 Å². The molecule has 0 spiro atoms. The van der Waals surface area contributed by atoms with Gasteiger partial charge >= 0.3 is 0 Å². The second-order valence-corrected chi connectivity index (χ2v) is 7.84. The van der Waals surface area contributed by atoms with Gasteiger partial charge in [0.1, 0.15) is 0 Å². The van der Waals surface area contributed by atoms with Crippen molar-refractivity contribution >= 4 is 18.4 Å². The van der Waals surface area contributed by atoms with Crippen LogP contribution in [0, 0.1) is 0 Å². The fourth-order valence-corrected chi connectivity index (χ4v) is 3.94. The molecule has 0 aromatic heterocycles. The maximum atomic E-state index is 11.0. The average molecular weight is 391 g/mol. The van der Waals surface area contributed by atoms with Crippen molar-refractivity contribution in [1.82, 2.24) is 9.21 Å². The smallest absolute Gasteiger partial charge is 0.209 e. The van der Waals surface area contributed by atoms with Gasteiger partial charge in [-0.25, -0.2) is 4.31 Å². The van der Waals surface area contributed by atoms with Gasteiger partial charge in [0.05, 0.1) is 0 Å². The van der Waals surface area contributed by atoms with Crippen LogP contribution in [0.1, 0.15) is 23.6 Å². The third-order valence-electron chi connectivity index (χ3n) is 4.50. The lowest BCUT2D eigenvalue weighted by atomic mass is 10.2. The van der Waals surface area contributed by atoms with Gasteiger partial charge in [-0.3, -0.25) is 4.79 Å². The second kappa shape index (κ2) is 10.7. The molecule has 0 aliphatic heterocycles. The zero-order chi connectivity index (χ0) is 19.6. The van der Waals surface area contributed by atoms with Crippen molar-refractivity contribution in [3.05, 3.63) is 102 Å². The van der Waals surface area contributed by atoms with Crippen LogP contribution in [0.15, 0.2) is 89.8 Å². The van der Waals surface area contributed by atoms with Crippen LogP contribution in [0.5, 0.6) is 0 Å². The van der Waals surface area contributed by atoms with E-state index in [2.05, 4.69) is 89.2 Å². The van der Waals surface area contributed by atoms with E-state index in [9.17, 15) is 4.79 Å².